The number of hydrogen-bond acceptors (Lipinski definition) is 4. The van der Waals surface area contributed by atoms with Crippen LogP contribution in [0.4, 0.5) is 0 Å². The van der Waals surface area contributed by atoms with E-state index >= 15 is 0 Å². The van der Waals surface area contributed by atoms with E-state index in [0.29, 0.717) is 18.1 Å². The highest BCUT2D eigenvalue weighted by molar-refractivity contribution is 6.31. The van der Waals surface area contributed by atoms with Gasteiger partial charge in [-0.1, -0.05) is 18.5 Å². The van der Waals surface area contributed by atoms with E-state index in [2.05, 4.69) is 11.8 Å². The Hall–Kier alpha value is -0.970. The van der Waals surface area contributed by atoms with Gasteiger partial charge in [-0.3, -0.25) is 0 Å². The van der Waals surface area contributed by atoms with E-state index in [0.717, 1.165) is 29.0 Å². The van der Waals surface area contributed by atoms with Crippen molar-refractivity contribution in [2.24, 2.45) is 5.90 Å². The summed E-state index contributed by atoms with van der Waals surface area (Å²) in [6.45, 7) is 2.75. The van der Waals surface area contributed by atoms with Gasteiger partial charge in [0.15, 0.2) is 11.5 Å². The third-order valence-electron chi connectivity index (χ3n) is 2.65. The molecule has 16 heavy (non-hydrogen) atoms. The first kappa shape index (κ1) is 11.5. The van der Waals surface area contributed by atoms with Gasteiger partial charge in [0, 0.05) is 16.7 Å². The highest BCUT2D eigenvalue weighted by Gasteiger charge is 2.22. The van der Waals surface area contributed by atoms with Crippen molar-refractivity contribution in [3.63, 3.8) is 0 Å². The van der Waals surface area contributed by atoms with Crippen LogP contribution < -0.4 is 15.4 Å². The van der Waals surface area contributed by atoms with Crippen LogP contribution in [0.25, 0.3) is 0 Å². The van der Waals surface area contributed by atoms with E-state index in [1.807, 2.05) is 0 Å². The molecule has 1 aliphatic heterocycles. The lowest BCUT2D eigenvalue weighted by Crippen LogP contribution is -2.06. The molecule has 1 aliphatic rings. The number of hydrogen-bond donors (Lipinski definition) is 1. The Morgan fingerprint density at radius 1 is 1.44 bits per heavy atom. The summed E-state index contributed by atoms with van der Waals surface area (Å²) in [5.41, 5.74) is 2.11. The summed E-state index contributed by atoms with van der Waals surface area (Å²) in [4.78, 5) is 4.59. The molecule has 1 aromatic carbocycles. The summed E-state index contributed by atoms with van der Waals surface area (Å²) in [5.74, 6) is 6.56. The van der Waals surface area contributed by atoms with Crippen LogP contribution in [0.5, 0.6) is 11.5 Å². The van der Waals surface area contributed by atoms with Crippen molar-refractivity contribution in [1.82, 2.24) is 0 Å². The predicted molar refractivity (Wildman–Crippen MR) is 60.8 cm³/mol. The fourth-order valence-electron chi connectivity index (χ4n) is 1.92. The molecule has 0 saturated carbocycles. The fraction of sp³-hybridized carbons (Fsp3) is 0.455. The van der Waals surface area contributed by atoms with Gasteiger partial charge in [0.05, 0.1) is 6.61 Å². The van der Waals surface area contributed by atoms with Crippen molar-refractivity contribution in [3.05, 3.63) is 22.2 Å². The standard InChI is InChI=1S/C11H14ClNO3/c1-2-7-8(3-4-16-13)9(12)5-10-11(7)15-6-14-10/h5H,2-4,6,13H2,1H3. The quantitative estimate of drug-likeness (QED) is 0.823. The first-order valence-corrected chi connectivity index (χ1v) is 5.57. The molecule has 0 aliphatic carbocycles. The van der Waals surface area contributed by atoms with Gasteiger partial charge in [-0.25, -0.2) is 5.90 Å². The molecule has 0 unspecified atom stereocenters. The van der Waals surface area contributed by atoms with Gasteiger partial charge in [0.2, 0.25) is 6.79 Å². The molecule has 0 spiro atoms. The van der Waals surface area contributed by atoms with E-state index in [1.54, 1.807) is 6.07 Å². The molecule has 1 aromatic rings. The van der Waals surface area contributed by atoms with Crippen LogP contribution in [0.2, 0.25) is 5.02 Å². The molecule has 1 heterocycles. The third-order valence-corrected chi connectivity index (χ3v) is 2.99. The molecule has 0 radical (unpaired) electrons. The molecular weight excluding hydrogens is 230 g/mol. The van der Waals surface area contributed by atoms with Crippen LogP contribution in [0, 0.1) is 0 Å². The smallest absolute Gasteiger partial charge is 0.231 e. The van der Waals surface area contributed by atoms with Gasteiger partial charge < -0.3 is 14.3 Å². The normalized spacial score (nSPS) is 13.2. The summed E-state index contributed by atoms with van der Waals surface area (Å²) in [6.07, 6.45) is 1.52. The number of nitrogens with two attached hydrogens (primary N) is 1. The minimum absolute atomic E-state index is 0.259. The lowest BCUT2D eigenvalue weighted by atomic mass is 10.0. The Morgan fingerprint density at radius 3 is 2.94 bits per heavy atom. The molecule has 0 fully saturated rings. The van der Waals surface area contributed by atoms with Crippen molar-refractivity contribution in [2.75, 3.05) is 13.4 Å². The Morgan fingerprint density at radius 2 is 2.25 bits per heavy atom. The van der Waals surface area contributed by atoms with Gasteiger partial charge in [0.1, 0.15) is 0 Å². The Labute approximate surface area is 99.2 Å². The zero-order valence-electron chi connectivity index (χ0n) is 9.09. The average molecular weight is 244 g/mol. The largest absolute Gasteiger partial charge is 0.454 e. The summed E-state index contributed by atoms with van der Waals surface area (Å²) in [5, 5.41) is 0.679. The van der Waals surface area contributed by atoms with Crippen molar-refractivity contribution in [2.45, 2.75) is 19.8 Å². The molecule has 2 rings (SSSR count). The van der Waals surface area contributed by atoms with Crippen LogP contribution in [-0.2, 0) is 17.7 Å². The SMILES string of the molecule is CCc1c(CCON)c(Cl)cc2c1OCO2. The van der Waals surface area contributed by atoms with Crippen LogP contribution >= 0.6 is 11.6 Å². The number of benzene rings is 1. The van der Waals surface area contributed by atoms with Crippen LogP contribution in [0.15, 0.2) is 6.07 Å². The molecule has 4 nitrogen and oxygen atoms in total. The maximum absolute atomic E-state index is 6.20. The second kappa shape index (κ2) is 4.91. The van der Waals surface area contributed by atoms with Crippen molar-refractivity contribution < 1.29 is 14.3 Å². The predicted octanol–water partition coefficient (Wildman–Crippen LogP) is 2.06. The molecule has 0 atom stereocenters. The number of halogens is 1. The first-order chi connectivity index (χ1) is 7.77. The van der Waals surface area contributed by atoms with E-state index in [9.17, 15) is 0 Å². The molecule has 2 N–H and O–H groups in total. The summed E-state index contributed by atoms with van der Waals surface area (Å²) in [7, 11) is 0. The summed E-state index contributed by atoms with van der Waals surface area (Å²) < 4.78 is 10.8. The van der Waals surface area contributed by atoms with Gasteiger partial charge >= 0.3 is 0 Å². The van der Waals surface area contributed by atoms with Crippen molar-refractivity contribution in [1.29, 1.82) is 0 Å². The summed E-state index contributed by atoms with van der Waals surface area (Å²) >= 11 is 6.20. The average Bonchev–Trinajstić information content (AvgIpc) is 2.73. The molecule has 0 aromatic heterocycles. The van der Waals surface area contributed by atoms with Crippen LogP contribution in [-0.4, -0.2) is 13.4 Å². The zero-order valence-corrected chi connectivity index (χ0v) is 9.84. The van der Waals surface area contributed by atoms with Crippen molar-refractivity contribution >= 4 is 11.6 Å². The zero-order chi connectivity index (χ0) is 11.5. The number of ether oxygens (including phenoxy) is 2. The van der Waals surface area contributed by atoms with E-state index in [4.69, 9.17) is 27.0 Å². The maximum Gasteiger partial charge on any atom is 0.231 e. The maximum atomic E-state index is 6.20. The van der Waals surface area contributed by atoms with E-state index in [-0.39, 0.29) is 6.79 Å². The number of rotatable bonds is 4. The Kier molecular flexibility index (Phi) is 3.53. The minimum Gasteiger partial charge on any atom is -0.454 e. The number of fused-ring (bicyclic) bond motifs is 1. The monoisotopic (exact) mass is 243 g/mol. The highest BCUT2D eigenvalue weighted by atomic mass is 35.5. The van der Waals surface area contributed by atoms with Gasteiger partial charge in [-0.15, -0.1) is 0 Å². The second-order valence-electron chi connectivity index (χ2n) is 3.52. The summed E-state index contributed by atoms with van der Waals surface area (Å²) in [6, 6.07) is 1.79. The molecule has 0 bridgehead atoms. The van der Waals surface area contributed by atoms with Crippen LogP contribution in [0.1, 0.15) is 18.1 Å². The van der Waals surface area contributed by atoms with Crippen molar-refractivity contribution in [3.8, 4) is 11.5 Å². The van der Waals surface area contributed by atoms with Gasteiger partial charge in [-0.2, -0.15) is 0 Å². The van der Waals surface area contributed by atoms with Gasteiger partial charge in [0.25, 0.3) is 0 Å². The molecular formula is C11H14ClNO3. The molecule has 0 saturated heterocycles. The van der Waals surface area contributed by atoms with Crippen LogP contribution in [0.3, 0.4) is 0 Å². The third kappa shape index (κ3) is 1.96. The minimum atomic E-state index is 0.259. The Bertz CT molecular complexity index is 395. The van der Waals surface area contributed by atoms with E-state index in [1.165, 1.54) is 0 Å². The molecule has 5 heteroatoms. The first-order valence-electron chi connectivity index (χ1n) is 5.19. The highest BCUT2D eigenvalue weighted by Crippen LogP contribution is 2.41. The van der Waals surface area contributed by atoms with E-state index < -0.39 is 0 Å². The topological polar surface area (TPSA) is 53.7 Å². The fourth-order valence-corrected chi connectivity index (χ4v) is 2.23. The second-order valence-corrected chi connectivity index (χ2v) is 3.93. The van der Waals surface area contributed by atoms with Gasteiger partial charge in [-0.05, 0) is 18.4 Å². The lowest BCUT2D eigenvalue weighted by Gasteiger charge is -2.12. The molecule has 88 valence electrons. The Balaban J connectivity index is 2.42. The lowest BCUT2D eigenvalue weighted by molar-refractivity contribution is 0.141. The molecule has 0 amide bonds.